The van der Waals surface area contributed by atoms with E-state index in [2.05, 4.69) is 28.7 Å². The number of hydrogen-bond acceptors (Lipinski definition) is 4. The molecule has 1 N–H and O–H groups in total. The molecule has 2 aromatic heterocycles. The van der Waals surface area contributed by atoms with E-state index in [-0.39, 0.29) is 11.9 Å². The van der Waals surface area contributed by atoms with Gasteiger partial charge in [0, 0.05) is 12.2 Å². The molecule has 0 radical (unpaired) electrons. The number of nitrogens with one attached hydrogen (secondary N) is 1. The lowest BCUT2D eigenvalue weighted by Crippen LogP contribution is -2.25. The minimum Gasteiger partial charge on any atom is -0.455 e. The number of fused-ring (bicyclic) bond motifs is 1. The lowest BCUT2D eigenvalue weighted by atomic mass is 10.2. The predicted molar refractivity (Wildman–Crippen MR) is 112 cm³/mol. The van der Waals surface area contributed by atoms with Crippen LogP contribution >= 0.6 is 0 Å². The molecule has 0 saturated heterocycles. The summed E-state index contributed by atoms with van der Waals surface area (Å²) in [6.07, 6.45) is 3.13. The zero-order chi connectivity index (χ0) is 20.2. The number of ether oxygens (including phenoxy) is 1. The number of aromatic nitrogens is 3. The zero-order valence-electron chi connectivity index (χ0n) is 16.4. The first-order chi connectivity index (χ1) is 14.1. The lowest BCUT2D eigenvalue weighted by molar-refractivity contribution is 0.0947. The third-order valence-corrected chi connectivity index (χ3v) is 4.59. The molecule has 2 aromatic carbocycles. The van der Waals surface area contributed by atoms with Gasteiger partial charge < -0.3 is 14.6 Å². The highest BCUT2D eigenvalue weighted by Gasteiger charge is 2.17. The van der Waals surface area contributed by atoms with E-state index in [1.807, 2.05) is 54.6 Å². The van der Waals surface area contributed by atoms with E-state index in [0.717, 1.165) is 16.9 Å². The van der Waals surface area contributed by atoms with Crippen LogP contribution in [0, 0.1) is 0 Å². The van der Waals surface area contributed by atoms with Crippen molar-refractivity contribution in [1.29, 1.82) is 0 Å². The van der Waals surface area contributed by atoms with Gasteiger partial charge in [0.25, 0.3) is 5.91 Å². The Morgan fingerprint density at radius 1 is 1.07 bits per heavy atom. The first-order valence-electron chi connectivity index (χ1n) is 9.54. The number of hydrogen-bond donors (Lipinski definition) is 1. The molecule has 6 heteroatoms. The summed E-state index contributed by atoms with van der Waals surface area (Å²) in [6.45, 7) is 4.53. The van der Waals surface area contributed by atoms with Gasteiger partial charge in [0.05, 0.1) is 29.3 Å². The topological polar surface area (TPSA) is 69.0 Å². The third-order valence-electron chi connectivity index (χ3n) is 4.59. The molecular formula is C23H22N4O2. The maximum absolute atomic E-state index is 12.9. The second-order valence-electron chi connectivity index (χ2n) is 6.95. The quantitative estimate of drug-likeness (QED) is 0.520. The van der Waals surface area contributed by atoms with Crippen molar-refractivity contribution in [3.05, 3.63) is 84.4 Å². The van der Waals surface area contributed by atoms with Gasteiger partial charge in [-0.15, -0.1) is 0 Å². The molecule has 0 aliphatic heterocycles. The van der Waals surface area contributed by atoms with Gasteiger partial charge in [-0.2, -0.15) is 0 Å². The van der Waals surface area contributed by atoms with Crippen LogP contribution in [-0.2, 0) is 6.54 Å². The van der Waals surface area contributed by atoms with Crippen molar-refractivity contribution in [2.75, 3.05) is 0 Å². The molecule has 29 heavy (non-hydrogen) atoms. The first kappa shape index (κ1) is 18.7. The molecule has 0 bridgehead atoms. The van der Waals surface area contributed by atoms with Crippen molar-refractivity contribution >= 4 is 16.9 Å². The summed E-state index contributed by atoms with van der Waals surface area (Å²) in [7, 11) is 0. The molecule has 0 aliphatic rings. The largest absolute Gasteiger partial charge is 0.455 e. The summed E-state index contributed by atoms with van der Waals surface area (Å²) in [5, 5.41) is 2.97. The fourth-order valence-corrected chi connectivity index (χ4v) is 3.31. The Kier molecular flexibility index (Phi) is 5.24. The smallest absolute Gasteiger partial charge is 0.255 e. The van der Waals surface area contributed by atoms with Crippen LogP contribution < -0.4 is 10.1 Å². The molecule has 1 amide bonds. The highest BCUT2D eigenvalue weighted by atomic mass is 16.5. The summed E-state index contributed by atoms with van der Waals surface area (Å²) < 4.78 is 7.99. The number of carbonyl (C=O) groups excluding carboxylic acids is 1. The monoisotopic (exact) mass is 386 g/mol. The lowest BCUT2D eigenvalue weighted by Gasteiger charge is -2.14. The van der Waals surface area contributed by atoms with Gasteiger partial charge >= 0.3 is 0 Å². The van der Waals surface area contributed by atoms with E-state index >= 15 is 0 Å². The number of imidazole rings is 1. The number of nitrogens with zero attached hydrogens (tertiary/aromatic N) is 3. The second-order valence-corrected chi connectivity index (χ2v) is 6.95. The zero-order valence-corrected chi connectivity index (χ0v) is 16.4. The van der Waals surface area contributed by atoms with Crippen LogP contribution in [0.4, 0.5) is 0 Å². The molecule has 4 aromatic rings. The first-order valence-corrected chi connectivity index (χ1v) is 9.54. The van der Waals surface area contributed by atoms with Crippen molar-refractivity contribution in [3.63, 3.8) is 0 Å². The minimum absolute atomic E-state index is 0.229. The Balaban J connectivity index is 1.56. The van der Waals surface area contributed by atoms with E-state index in [1.54, 1.807) is 18.5 Å². The number of pyridine rings is 1. The number of benzene rings is 2. The number of carbonyl (C=O) groups is 1. The van der Waals surface area contributed by atoms with Crippen molar-refractivity contribution in [2.45, 2.75) is 26.4 Å². The van der Waals surface area contributed by atoms with E-state index in [1.165, 1.54) is 0 Å². The third kappa shape index (κ3) is 3.96. The summed E-state index contributed by atoms with van der Waals surface area (Å²) >= 11 is 0. The summed E-state index contributed by atoms with van der Waals surface area (Å²) in [4.78, 5) is 21.7. The van der Waals surface area contributed by atoms with Gasteiger partial charge in [0.1, 0.15) is 11.6 Å². The van der Waals surface area contributed by atoms with Crippen LogP contribution in [0.2, 0.25) is 0 Å². The molecule has 0 spiro atoms. The van der Waals surface area contributed by atoms with Crippen LogP contribution in [0.3, 0.4) is 0 Å². The van der Waals surface area contributed by atoms with Crippen molar-refractivity contribution in [2.24, 2.45) is 0 Å². The maximum atomic E-state index is 12.9. The molecule has 2 heterocycles. The van der Waals surface area contributed by atoms with Crippen molar-refractivity contribution in [1.82, 2.24) is 19.9 Å². The number of rotatable bonds is 6. The summed E-state index contributed by atoms with van der Waals surface area (Å²) in [5.41, 5.74) is 2.40. The molecule has 4 rings (SSSR count). The SMILES string of the molecule is CC(C)n1c(CNC(=O)c2ccncc2Oc2ccccc2)nc2ccccc21. The molecule has 0 saturated carbocycles. The summed E-state index contributed by atoms with van der Waals surface area (Å²) in [5.74, 6) is 1.64. The molecular weight excluding hydrogens is 364 g/mol. The summed E-state index contributed by atoms with van der Waals surface area (Å²) in [6, 6.07) is 19.2. The molecule has 0 fully saturated rings. The molecule has 0 aliphatic carbocycles. The van der Waals surface area contributed by atoms with E-state index in [9.17, 15) is 4.79 Å². The number of amides is 1. The van der Waals surface area contributed by atoms with Crippen molar-refractivity contribution in [3.8, 4) is 11.5 Å². The van der Waals surface area contributed by atoms with Gasteiger partial charge in [-0.1, -0.05) is 30.3 Å². The molecule has 6 nitrogen and oxygen atoms in total. The Morgan fingerprint density at radius 2 is 1.83 bits per heavy atom. The van der Waals surface area contributed by atoms with Gasteiger partial charge in [-0.25, -0.2) is 4.98 Å². The average molecular weight is 386 g/mol. The molecule has 146 valence electrons. The highest BCUT2D eigenvalue weighted by molar-refractivity contribution is 5.96. The van der Waals surface area contributed by atoms with Crippen LogP contribution in [0.25, 0.3) is 11.0 Å². The van der Waals surface area contributed by atoms with E-state index in [4.69, 9.17) is 9.72 Å². The second kappa shape index (κ2) is 8.14. The van der Waals surface area contributed by atoms with Gasteiger partial charge in [0.2, 0.25) is 0 Å². The van der Waals surface area contributed by atoms with Crippen LogP contribution in [0.15, 0.2) is 73.1 Å². The molecule has 0 atom stereocenters. The normalized spacial score (nSPS) is 11.0. The highest BCUT2D eigenvalue weighted by Crippen LogP contribution is 2.25. The van der Waals surface area contributed by atoms with Crippen LogP contribution in [0.1, 0.15) is 36.1 Å². The average Bonchev–Trinajstić information content (AvgIpc) is 3.12. The van der Waals surface area contributed by atoms with E-state index < -0.39 is 0 Å². The van der Waals surface area contributed by atoms with Gasteiger partial charge in [-0.3, -0.25) is 9.78 Å². The predicted octanol–water partition coefficient (Wildman–Crippen LogP) is 4.73. The fourth-order valence-electron chi connectivity index (χ4n) is 3.31. The van der Waals surface area contributed by atoms with Gasteiger partial charge in [-0.05, 0) is 44.2 Å². The fraction of sp³-hybridized carbons (Fsp3) is 0.174. The van der Waals surface area contributed by atoms with Crippen LogP contribution in [-0.4, -0.2) is 20.4 Å². The van der Waals surface area contributed by atoms with Crippen molar-refractivity contribution < 1.29 is 9.53 Å². The Hall–Kier alpha value is -3.67. The number of para-hydroxylation sites is 3. The molecule has 0 unspecified atom stereocenters. The van der Waals surface area contributed by atoms with Gasteiger partial charge in [0.15, 0.2) is 5.75 Å². The Labute approximate surface area is 169 Å². The van der Waals surface area contributed by atoms with E-state index in [0.29, 0.717) is 23.6 Å². The van der Waals surface area contributed by atoms with Crippen LogP contribution in [0.5, 0.6) is 11.5 Å². The maximum Gasteiger partial charge on any atom is 0.255 e. The minimum atomic E-state index is -0.235. The standard InChI is InChI=1S/C23H22N4O2/c1-16(2)27-20-11-7-6-10-19(20)26-22(27)15-25-23(28)18-12-13-24-14-21(18)29-17-8-4-3-5-9-17/h3-14,16H,15H2,1-2H3,(H,25,28). The Bertz CT molecular complexity index is 1140. The Morgan fingerprint density at radius 3 is 2.62 bits per heavy atom.